The quantitative estimate of drug-likeness (QED) is 0.369. The van der Waals surface area contributed by atoms with Crippen molar-refractivity contribution in [1.29, 1.82) is 0 Å². The van der Waals surface area contributed by atoms with Gasteiger partial charge in [0.2, 0.25) is 0 Å². The lowest BCUT2D eigenvalue weighted by molar-refractivity contribution is 0.0996. The Morgan fingerprint density at radius 2 is 1.88 bits per heavy atom. The van der Waals surface area contributed by atoms with Crippen LogP contribution in [0.15, 0.2) is 74.9 Å². The van der Waals surface area contributed by atoms with E-state index >= 15 is 0 Å². The number of likely N-dealkylation sites (tertiary alicyclic amines) is 1. The van der Waals surface area contributed by atoms with E-state index in [9.17, 15) is 4.79 Å². The molecule has 0 saturated carbocycles. The van der Waals surface area contributed by atoms with E-state index in [0.717, 1.165) is 24.4 Å². The molecule has 0 spiro atoms. The van der Waals surface area contributed by atoms with E-state index in [1.165, 1.54) is 19.1 Å². The molecule has 1 aromatic carbocycles. The number of nitrogens with one attached hydrogen (secondary N) is 3. The van der Waals surface area contributed by atoms with Crippen LogP contribution in [0.25, 0.3) is 0 Å². The van der Waals surface area contributed by atoms with Crippen LogP contribution in [-0.4, -0.2) is 43.4 Å². The van der Waals surface area contributed by atoms with Crippen molar-refractivity contribution in [1.82, 2.24) is 15.5 Å². The molecule has 2 aromatic heterocycles. The summed E-state index contributed by atoms with van der Waals surface area (Å²) in [4.78, 5) is 19.0. The van der Waals surface area contributed by atoms with Crippen LogP contribution in [0.5, 0.6) is 0 Å². The lowest BCUT2D eigenvalue weighted by Crippen LogP contribution is -2.42. The van der Waals surface area contributed by atoms with Crippen molar-refractivity contribution in [2.75, 3.05) is 32.0 Å². The summed E-state index contributed by atoms with van der Waals surface area (Å²) in [5.41, 5.74) is 1.73. The van der Waals surface area contributed by atoms with Crippen molar-refractivity contribution < 1.29 is 13.6 Å². The normalized spacial score (nSPS) is 15.5. The molecule has 8 nitrogen and oxygen atoms in total. The maximum Gasteiger partial charge on any atom is 0.291 e. The standard InChI is InChI=1S/C24H29N5O3/c1-25-24(27-17-20(21-9-5-13-31-21)29-11-2-3-12-29)26-16-18-7-4-8-19(15-18)28-23(30)22-10-6-14-32-22/h4-10,13-15,20H,2-3,11-12,16-17H2,1H3,(H,28,30)(H2,25,26,27). The Labute approximate surface area is 187 Å². The third-order valence-corrected chi connectivity index (χ3v) is 5.53. The van der Waals surface area contributed by atoms with E-state index < -0.39 is 0 Å². The van der Waals surface area contributed by atoms with E-state index in [2.05, 4.69) is 25.8 Å². The third-order valence-electron chi connectivity index (χ3n) is 5.53. The van der Waals surface area contributed by atoms with Crippen molar-refractivity contribution in [2.24, 2.45) is 4.99 Å². The number of hydrogen-bond donors (Lipinski definition) is 3. The topological polar surface area (TPSA) is 95.0 Å². The highest BCUT2D eigenvalue weighted by atomic mass is 16.3. The summed E-state index contributed by atoms with van der Waals surface area (Å²) in [5, 5.41) is 9.62. The minimum absolute atomic E-state index is 0.172. The van der Waals surface area contributed by atoms with Gasteiger partial charge >= 0.3 is 0 Å². The second-order valence-electron chi connectivity index (χ2n) is 7.71. The van der Waals surface area contributed by atoms with Crippen LogP contribution in [0.4, 0.5) is 5.69 Å². The van der Waals surface area contributed by atoms with Crippen LogP contribution in [0.1, 0.15) is 40.8 Å². The van der Waals surface area contributed by atoms with E-state index in [1.54, 1.807) is 25.4 Å². The molecule has 1 unspecified atom stereocenters. The molecule has 0 aliphatic carbocycles. The minimum Gasteiger partial charge on any atom is -0.468 e. The van der Waals surface area contributed by atoms with E-state index in [-0.39, 0.29) is 17.7 Å². The molecule has 3 N–H and O–H groups in total. The first-order valence-corrected chi connectivity index (χ1v) is 10.9. The highest BCUT2D eigenvalue weighted by Gasteiger charge is 2.25. The second-order valence-corrected chi connectivity index (χ2v) is 7.71. The Hall–Kier alpha value is -3.52. The molecule has 1 atom stereocenters. The molecule has 32 heavy (non-hydrogen) atoms. The molecule has 0 radical (unpaired) electrons. The average molecular weight is 436 g/mol. The van der Waals surface area contributed by atoms with Gasteiger partial charge in [0.25, 0.3) is 5.91 Å². The van der Waals surface area contributed by atoms with Crippen molar-refractivity contribution in [2.45, 2.75) is 25.4 Å². The lowest BCUT2D eigenvalue weighted by Gasteiger charge is -2.26. The number of nitrogens with zero attached hydrogens (tertiary/aromatic N) is 2. The third kappa shape index (κ3) is 5.59. The van der Waals surface area contributed by atoms with Gasteiger partial charge in [-0.3, -0.25) is 14.7 Å². The van der Waals surface area contributed by atoms with Crippen molar-refractivity contribution in [3.05, 3.63) is 78.1 Å². The Morgan fingerprint density at radius 1 is 1.06 bits per heavy atom. The van der Waals surface area contributed by atoms with Gasteiger partial charge in [0.1, 0.15) is 5.76 Å². The van der Waals surface area contributed by atoms with Gasteiger partial charge in [0.05, 0.1) is 18.6 Å². The number of anilines is 1. The Morgan fingerprint density at radius 3 is 2.59 bits per heavy atom. The summed E-state index contributed by atoms with van der Waals surface area (Å²) in [6.07, 6.45) is 5.64. The number of aliphatic imine (C=N–C) groups is 1. The summed E-state index contributed by atoms with van der Waals surface area (Å²) >= 11 is 0. The SMILES string of the molecule is CN=C(NCc1cccc(NC(=O)c2ccco2)c1)NCC(c1ccco1)N1CCCC1. The van der Waals surface area contributed by atoms with Crippen LogP contribution >= 0.6 is 0 Å². The number of rotatable bonds is 8. The largest absolute Gasteiger partial charge is 0.468 e. The Kier molecular flexibility index (Phi) is 7.24. The van der Waals surface area contributed by atoms with Gasteiger partial charge in [-0.1, -0.05) is 12.1 Å². The molecule has 0 bridgehead atoms. The summed E-state index contributed by atoms with van der Waals surface area (Å²) in [6, 6.07) is 15.1. The van der Waals surface area contributed by atoms with Gasteiger partial charge in [-0.15, -0.1) is 0 Å². The first kappa shape index (κ1) is 21.7. The summed E-state index contributed by atoms with van der Waals surface area (Å²) in [7, 11) is 1.76. The highest BCUT2D eigenvalue weighted by molar-refractivity contribution is 6.02. The Balaban J connectivity index is 1.32. The summed E-state index contributed by atoms with van der Waals surface area (Å²) in [6.45, 7) is 3.43. The monoisotopic (exact) mass is 435 g/mol. The number of carbonyl (C=O) groups excluding carboxylic acids is 1. The van der Waals surface area contributed by atoms with Crippen LogP contribution in [0.3, 0.4) is 0 Å². The zero-order chi connectivity index (χ0) is 22.2. The number of carbonyl (C=O) groups is 1. The molecule has 3 heterocycles. The molecule has 1 aliphatic rings. The molecule has 3 aromatic rings. The smallest absolute Gasteiger partial charge is 0.291 e. The number of benzene rings is 1. The van der Waals surface area contributed by atoms with Gasteiger partial charge < -0.3 is 24.8 Å². The zero-order valence-electron chi connectivity index (χ0n) is 18.2. The highest BCUT2D eigenvalue weighted by Crippen LogP contribution is 2.24. The maximum atomic E-state index is 12.2. The molecule has 1 amide bonds. The fourth-order valence-electron chi connectivity index (χ4n) is 3.90. The van der Waals surface area contributed by atoms with Crippen LogP contribution in [-0.2, 0) is 6.54 Å². The average Bonchev–Trinajstić information content (AvgIpc) is 3.59. The van der Waals surface area contributed by atoms with E-state index in [1.807, 2.05) is 36.4 Å². The van der Waals surface area contributed by atoms with E-state index in [0.29, 0.717) is 24.7 Å². The lowest BCUT2D eigenvalue weighted by atomic mass is 10.2. The minimum atomic E-state index is -0.275. The van der Waals surface area contributed by atoms with Crippen molar-refractivity contribution in [3.8, 4) is 0 Å². The predicted molar refractivity (Wildman–Crippen MR) is 124 cm³/mol. The van der Waals surface area contributed by atoms with Gasteiger partial charge in [0, 0.05) is 25.8 Å². The molecule has 1 fully saturated rings. The molecule has 4 rings (SSSR count). The zero-order valence-corrected chi connectivity index (χ0v) is 18.2. The predicted octanol–water partition coefficient (Wildman–Crippen LogP) is 3.63. The summed E-state index contributed by atoms with van der Waals surface area (Å²) < 4.78 is 10.8. The molecule has 168 valence electrons. The van der Waals surface area contributed by atoms with E-state index in [4.69, 9.17) is 8.83 Å². The molecule has 8 heteroatoms. The van der Waals surface area contributed by atoms with Crippen molar-refractivity contribution in [3.63, 3.8) is 0 Å². The molecule has 1 saturated heterocycles. The van der Waals surface area contributed by atoms with Crippen molar-refractivity contribution >= 4 is 17.6 Å². The van der Waals surface area contributed by atoms with Crippen LogP contribution in [0, 0.1) is 0 Å². The maximum absolute atomic E-state index is 12.2. The first-order valence-electron chi connectivity index (χ1n) is 10.9. The molecule has 1 aliphatic heterocycles. The number of furan rings is 2. The van der Waals surface area contributed by atoms with Gasteiger partial charge in [0.15, 0.2) is 11.7 Å². The van der Waals surface area contributed by atoms with Gasteiger partial charge in [-0.25, -0.2) is 0 Å². The van der Waals surface area contributed by atoms with Crippen LogP contribution < -0.4 is 16.0 Å². The number of hydrogen-bond acceptors (Lipinski definition) is 5. The fourth-order valence-corrected chi connectivity index (χ4v) is 3.90. The van der Waals surface area contributed by atoms with Crippen LogP contribution in [0.2, 0.25) is 0 Å². The number of amides is 1. The molecular weight excluding hydrogens is 406 g/mol. The second kappa shape index (κ2) is 10.7. The number of guanidine groups is 1. The Bertz CT molecular complexity index is 1010. The fraction of sp³-hybridized carbons (Fsp3) is 0.333. The molecular formula is C24H29N5O3. The first-order chi connectivity index (χ1) is 15.7. The van der Waals surface area contributed by atoms with Gasteiger partial charge in [-0.05, 0) is 67.9 Å². The summed E-state index contributed by atoms with van der Waals surface area (Å²) in [5.74, 6) is 1.69. The van der Waals surface area contributed by atoms with Gasteiger partial charge in [-0.2, -0.15) is 0 Å².